The summed E-state index contributed by atoms with van der Waals surface area (Å²) in [5.41, 5.74) is 4.64. The van der Waals surface area contributed by atoms with Crippen LogP contribution in [0.3, 0.4) is 0 Å². The second kappa shape index (κ2) is 5.71. The van der Waals surface area contributed by atoms with Crippen molar-refractivity contribution in [3.63, 3.8) is 0 Å². The number of benzene rings is 1. The topological polar surface area (TPSA) is 3.24 Å². The molecule has 3 rings (SSSR count). The van der Waals surface area contributed by atoms with Gasteiger partial charge in [0.2, 0.25) is 0 Å². The number of fused-ring (bicyclic) bond motifs is 1. The predicted molar refractivity (Wildman–Crippen MR) is 77.6 cm³/mol. The molecule has 2 aliphatic rings. The SMILES string of the molecule is C1=C(CCN2CCCCC2)CCc2ccccc21. The first-order valence-corrected chi connectivity index (χ1v) is 7.41. The monoisotopic (exact) mass is 241 g/mol. The molecule has 1 heteroatoms. The molecule has 0 saturated carbocycles. The Balaban J connectivity index is 1.59. The highest BCUT2D eigenvalue weighted by atomic mass is 15.1. The maximum Gasteiger partial charge on any atom is 0.00187 e. The van der Waals surface area contributed by atoms with Crippen LogP contribution in [0.25, 0.3) is 6.08 Å². The van der Waals surface area contributed by atoms with Crippen LogP contribution < -0.4 is 0 Å². The number of rotatable bonds is 3. The molecule has 1 nitrogen and oxygen atoms in total. The van der Waals surface area contributed by atoms with Crippen LogP contribution in [-0.2, 0) is 6.42 Å². The van der Waals surface area contributed by atoms with Crippen molar-refractivity contribution in [1.82, 2.24) is 4.90 Å². The van der Waals surface area contributed by atoms with Crippen molar-refractivity contribution in [3.05, 3.63) is 41.0 Å². The van der Waals surface area contributed by atoms with Gasteiger partial charge in [-0.15, -0.1) is 0 Å². The van der Waals surface area contributed by atoms with Crippen LogP contribution in [0.2, 0.25) is 0 Å². The Morgan fingerprint density at radius 1 is 0.944 bits per heavy atom. The summed E-state index contributed by atoms with van der Waals surface area (Å²) in [6.07, 6.45) is 10.5. The zero-order chi connectivity index (χ0) is 12.2. The van der Waals surface area contributed by atoms with Gasteiger partial charge in [-0.05, 0) is 56.3 Å². The number of likely N-dealkylation sites (tertiary alicyclic amines) is 1. The zero-order valence-electron chi connectivity index (χ0n) is 11.2. The van der Waals surface area contributed by atoms with Crippen molar-refractivity contribution in [3.8, 4) is 0 Å². The second-order valence-electron chi connectivity index (χ2n) is 5.65. The van der Waals surface area contributed by atoms with Gasteiger partial charge in [-0.3, -0.25) is 0 Å². The van der Waals surface area contributed by atoms with Gasteiger partial charge < -0.3 is 4.90 Å². The van der Waals surface area contributed by atoms with Gasteiger partial charge in [-0.1, -0.05) is 42.3 Å². The Morgan fingerprint density at radius 3 is 2.67 bits per heavy atom. The normalized spacial score (nSPS) is 20.3. The molecule has 1 heterocycles. The van der Waals surface area contributed by atoms with Gasteiger partial charge in [0, 0.05) is 6.54 Å². The van der Waals surface area contributed by atoms with Crippen molar-refractivity contribution in [1.29, 1.82) is 0 Å². The van der Waals surface area contributed by atoms with Crippen LogP contribution in [0, 0.1) is 0 Å². The van der Waals surface area contributed by atoms with Gasteiger partial charge in [0.25, 0.3) is 0 Å². The minimum Gasteiger partial charge on any atom is -0.303 e. The van der Waals surface area contributed by atoms with E-state index in [1.807, 2.05) is 0 Å². The first-order chi connectivity index (χ1) is 8.92. The van der Waals surface area contributed by atoms with E-state index in [0.29, 0.717) is 0 Å². The first kappa shape index (κ1) is 12.0. The van der Waals surface area contributed by atoms with Gasteiger partial charge >= 0.3 is 0 Å². The number of piperidine rings is 1. The molecule has 0 atom stereocenters. The number of hydrogen-bond acceptors (Lipinski definition) is 1. The van der Waals surface area contributed by atoms with Gasteiger partial charge in [0.1, 0.15) is 0 Å². The summed E-state index contributed by atoms with van der Waals surface area (Å²) in [6, 6.07) is 8.84. The van der Waals surface area contributed by atoms with Crippen LogP contribution in [0.5, 0.6) is 0 Å². The molecule has 0 unspecified atom stereocenters. The summed E-state index contributed by atoms with van der Waals surface area (Å²) in [5, 5.41) is 0. The maximum atomic E-state index is 2.64. The van der Waals surface area contributed by atoms with E-state index >= 15 is 0 Å². The van der Waals surface area contributed by atoms with Gasteiger partial charge in [0.05, 0.1) is 0 Å². The van der Waals surface area contributed by atoms with E-state index < -0.39 is 0 Å². The van der Waals surface area contributed by atoms with E-state index in [9.17, 15) is 0 Å². The first-order valence-electron chi connectivity index (χ1n) is 7.41. The lowest BCUT2D eigenvalue weighted by Gasteiger charge is -2.27. The molecule has 0 N–H and O–H groups in total. The molecular weight excluding hydrogens is 218 g/mol. The van der Waals surface area contributed by atoms with Crippen molar-refractivity contribution < 1.29 is 0 Å². The number of aryl methyl sites for hydroxylation is 1. The third-order valence-corrected chi connectivity index (χ3v) is 4.33. The third-order valence-electron chi connectivity index (χ3n) is 4.33. The van der Waals surface area contributed by atoms with E-state index in [-0.39, 0.29) is 0 Å². The van der Waals surface area contributed by atoms with Crippen molar-refractivity contribution >= 4 is 6.08 Å². The molecule has 1 aliphatic heterocycles. The molecule has 1 saturated heterocycles. The van der Waals surface area contributed by atoms with E-state index in [4.69, 9.17) is 0 Å². The Labute approximate surface area is 111 Å². The Hall–Kier alpha value is -1.08. The minimum atomic E-state index is 1.24. The largest absolute Gasteiger partial charge is 0.303 e. The summed E-state index contributed by atoms with van der Waals surface area (Å²) in [4.78, 5) is 2.64. The quantitative estimate of drug-likeness (QED) is 0.776. The summed E-state index contributed by atoms with van der Waals surface area (Å²) in [6.45, 7) is 3.92. The van der Waals surface area contributed by atoms with E-state index in [1.54, 1.807) is 5.57 Å². The lowest BCUT2D eigenvalue weighted by Crippen LogP contribution is -2.30. The average Bonchev–Trinajstić information content (AvgIpc) is 2.46. The van der Waals surface area contributed by atoms with Gasteiger partial charge in [-0.2, -0.15) is 0 Å². The standard InChI is InChI=1S/C17H23N/c1-4-11-18(12-5-1)13-10-15-8-9-16-6-2-3-7-17(16)14-15/h2-3,6-7,14H,1,4-5,8-13H2. The lowest BCUT2D eigenvalue weighted by molar-refractivity contribution is 0.231. The van der Waals surface area contributed by atoms with Crippen LogP contribution in [0.1, 0.15) is 43.2 Å². The molecule has 1 aromatic carbocycles. The molecule has 0 amide bonds. The summed E-state index contributed by atoms with van der Waals surface area (Å²) < 4.78 is 0. The number of nitrogens with zero attached hydrogens (tertiary/aromatic N) is 1. The Morgan fingerprint density at radius 2 is 1.78 bits per heavy atom. The Bertz CT molecular complexity index is 427. The maximum absolute atomic E-state index is 2.64. The molecular formula is C17H23N. The zero-order valence-corrected chi connectivity index (χ0v) is 11.2. The third kappa shape index (κ3) is 2.84. The number of hydrogen-bond donors (Lipinski definition) is 0. The van der Waals surface area contributed by atoms with E-state index in [1.165, 1.54) is 69.3 Å². The minimum absolute atomic E-state index is 1.24. The van der Waals surface area contributed by atoms with Crippen LogP contribution in [0.15, 0.2) is 29.8 Å². The summed E-state index contributed by atoms with van der Waals surface area (Å²) >= 11 is 0. The lowest BCUT2D eigenvalue weighted by atomic mass is 9.91. The molecule has 0 bridgehead atoms. The molecule has 0 aromatic heterocycles. The molecule has 1 aromatic rings. The van der Waals surface area contributed by atoms with Crippen LogP contribution in [0.4, 0.5) is 0 Å². The molecule has 0 radical (unpaired) electrons. The summed E-state index contributed by atoms with van der Waals surface area (Å²) in [7, 11) is 0. The van der Waals surface area contributed by atoms with Crippen molar-refractivity contribution in [2.75, 3.05) is 19.6 Å². The smallest absolute Gasteiger partial charge is 0.00187 e. The second-order valence-corrected chi connectivity index (χ2v) is 5.65. The highest BCUT2D eigenvalue weighted by molar-refractivity contribution is 5.59. The predicted octanol–water partition coefficient (Wildman–Crippen LogP) is 3.89. The van der Waals surface area contributed by atoms with Crippen molar-refractivity contribution in [2.24, 2.45) is 0 Å². The molecule has 96 valence electrons. The molecule has 0 spiro atoms. The van der Waals surface area contributed by atoms with E-state index in [0.717, 1.165) is 0 Å². The van der Waals surface area contributed by atoms with Gasteiger partial charge in [0.15, 0.2) is 0 Å². The molecule has 1 fully saturated rings. The highest BCUT2D eigenvalue weighted by Gasteiger charge is 2.13. The fraction of sp³-hybridized carbons (Fsp3) is 0.529. The highest BCUT2D eigenvalue weighted by Crippen LogP contribution is 2.25. The van der Waals surface area contributed by atoms with Crippen LogP contribution >= 0.6 is 0 Å². The average molecular weight is 241 g/mol. The summed E-state index contributed by atoms with van der Waals surface area (Å²) in [5.74, 6) is 0. The van der Waals surface area contributed by atoms with Crippen molar-refractivity contribution in [2.45, 2.75) is 38.5 Å². The molecule has 1 aliphatic carbocycles. The fourth-order valence-electron chi connectivity index (χ4n) is 3.17. The molecule has 18 heavy (non-hydrogen) atoms. The van der Waals surface area contributed by atoms with Gasteiger partial charge in [-0.25, -0.2) is 0 Å². The fourth-order valence-corrected chi connectivity index (χ4v) is 3.17. The Kier molecular flexibility index (Phi) is 3.80. The van der Waals surface area contributed by atoms with Crippen LogP contribution in [-0.4, -0.2) is 24.5 Å². The van der Waals surface area contributed by atoms with E-state index in [2.05, 4.69) is 35.2 Å².